The van der Waals surface area contributed by atoms with Crippen LogP contribution in [0.5, 0.6) is 0 Å². The van der Waals surface area contributed by atoms with Gasteiger partial charge in [0.15, 0.2) is 5.76 Å². The molecule has 2 amide bonds. The lowest BCUT2D eigenvalue weighted by atomic mass is 9.75. The van der Waals surface area contributed by atoms with E-state index in [1.807, 2.05) is 4.90 Å². The minimum atomic E-state index is -0.595. The van der Waals surface area contributed by atoms with Crippen molar-refractivity contribution in [2.45, 2.75) is 50.5 Å². The molecule has 0 unspecified atom stereocenters. The molecule has 2 saturated heterocycles. The Hall–Kier alpha value is -2.31. The molecule has 0 N–H and O–H groups in total. The number of ether oxygens (including phenoxy) is 1. The van der Waals surface area contributed by atoms with Crippen molar-refractivity contribution in [2.24, 2.45) is 5.92 Å². The fraction of sp³-hybridized carbons (Fsp3) is 0.650. The molecule has 1 spiro atoms. The standard InChI is InChI=1S/C20H26N2O5/c23-17-14-15(20(27-17)7-2-1-3-8-20)18(24)21-9-5-10-22(12-11-21)19(25)16-6-4-13-26-16/h4,6,13,15H,1-3,5,7-12,14H2/t15-/m1/s1. The third-order valence-electron chi connectivity index (χ3n) is 6.15. The number of nitrogens with zero attached hydrogens (tertiary/aromatic N) is 2. The van der Waals surface area contributed by atoms with E-state index in [-0.39, 0.29) is 30.1 Å². The van der Waals surface area contributed by atoms with Crippen molar-refractivity contribution < 1.29 is 23.5 Å². The Morgan fingerprint density at radius 3 is 2.48 bits per heavy atom. The van der Waals surface area contributed by atoms with Crippen molar-refractivity contribution in [1.29, 1.82) is 0 Å². The van der Waals surface area contributed by atoms with E-state index in [0.29, 0.717) is 38.4 Å². The summed E-state index contributed by atoms with van der Waals surface area (Å²) in [7, 11) is 0. The van der Waals surface area contributed by atoms with E-state index in [0.717, 1.165) is 32.1 Å². The van der Waals surface area contributed by atoms with Crippen LogP contribution in [0.3, 0.4) is 0 Å². The third kappa shape index (κ3) is 3.47. The Morgan fingerprint density at radius 2 is 1.74 bits per heavy atom. The molecule has 7 nitrogen and oxygen atoms in total. The molecule has 1 aromatic rings. The molecule has 7 heteroatoms. The highest BCUT2D eigenvalue weighted by Gasteiger charge is 2.53. The number of amides is 2. The van der Waals surface area contributed by atoms with Gasteiger partial charge in [0, 0.05) is 26.2 Å². The summed E-state index contributed by atoms with van der Waals surface area (Å²) >= 11 is 0. The SMILES string of the molecule is O=C1C[C@H](C(=O)N2CCCN(C(=O)c3ccco3)CC2)C2(CCCCC2)O1. The van der Waals surface area contributed by atoms with Crippen LogP contribution in [-0.4, -0.2) is 59.4 Å². The lowest BCUT2D eigenvalue weighted by Crippen LogP contribution is -2.48. The predicted molar refractivity (Wildman–Crippen MR) is 95.8 cm³/mol. The second-order valence-electron chi connectivity index (χ2n) is 7.80. The Kier molecular flexibility index (Phi) is 4.93. The maximum Gasteiger partial charge on any atom is 0.307 e. The Bertz CT molecular complexity index is 708. The van der Waals surface area contributed by atoms with Gasteiger partial charge in [-0.1, -0.05) is 6.42 Å². The van der Waals surface area contributed by atoms with E-state index in [9.17, 15) is 14.4 Å². The molecule has 1 saturated carbocycles. The average molecular weight is 374 g/mol. The maximum atomic E-state index is 13.2. The number of carbonyl (C=O) groups excluding carboxylic acids is 3. The summed E-state index contributed by atoms with van der Waals surface area (Å²) in [4.78, 5) is 41.3. The molecule has 146 valence electrons. The molecular formula is C20H26N2O5. The van der Waals surface area contributed by atoms with Gasteiger partial charge in [0.25, 0.3) is 5.91 Å². The lowest BCUT2D eigenvalue weighted by Gasteiger charge is -2.38. The van der Waals surface area contributed by atoms with E-state index < -0.39 is 5.60 Å². The van der Waals surface area contributed by atoms with Crippen molar-refractivity contribution in [3.8, 4) is 0 Å². The quantitative estimate of drug-likeness (QED) is 0.742. The van der Waals surface area contributed by atoms with Gasteiger partial charge in [-0.15, -0.1) is 0 Å². The van der Waals surface area contributed by atoms with Crippen LogP contribution < -0.4 is 0 Å². The van der Waals surface area contributed by atoms with E-state index >= 15 is 0 Å². The molecule has 0 aromatic carbocycles. The first-order chi connectivity index (χ1) is 13.1. The molecule has 1 atom stereocenters. The molecule has 2 aliphatic heterocycles. The van der Waals surface area contributed by atoms with Gasteiger partial charge in [-0.05, 0) is 44.2 Å². The van der Waals surface area contributed by atoms with Gasteiger partial charge in [-0.3, -0.25) is 14.4 Å². The summed E-state index contributed by atoms with van der Waals surface area (Å²) in [6.45, 7) is 2.14. The number of hydrogen-bond donors (Lipinski definition) is 0. The molecule has 1 aliphatic carbocycles. The molecule has 0 bridgehead atoms. The molecule has 3 fully saturated rings. The Labute approximate surface area is 158 Å². The topological polar surface area (TPSA) is 80.1 Å². The van der Waals surface area contributed by atoms with Crippen molar-refractivity contribution in [2.75, 3.05) is 26.2 Å². The summed E-state index contributed by atoms with van der Waals surface area (Å²) in [6.07, 6.45) is 7.09. The molecular weight excluding hydrogens is 348 g/mol. The van der Waals surface area contributed by atoms with Crippen LogP contribution in [0.1, 0.15) is 55.5 Å². The summed E-state index contributed by atoms with van der Waals surface area (Å²) in [5.74, 6) is -0.435. The summed E-state index contributed by atoms with van der Waals surface area (Å²) in [5.41, 5.74) is -0.595. The normalized spacial score (nSPS) is 25.3. The van der Waals surface area contributed by atoms with Crippen molar-refractivity contribution in [1.82, 2.24) is 9.80 Å². The van der Waals surface area contributed by atoms with Gasteiger partial charge in [0.1, 0.15) is 5.60 Å². The van der Waals surface area contributed by atoms with Crippen LogP contribution in [0.25, 0.3) is 0 Å². The maximum absolute atomic E-state index is 13.2. The molecule has 1 aromatic heterocycles. The zero-order valence-corrected chi connectivity index (χ0v) is 15.5. The highest BCUT2D eigenvalue weighted by Crippen LogP contribution is 2.45. The number of furan rings is 1. The van der Waals surface area contributed by atoms with Gasteiger partial charge in [-0.2, -0.15) is 0 Å². The van der Waals surface area contributed by atoms with Crippen LogP contribution in [0.15, 0.2) is 22.8 Å². The van der Waals surface area contributed by atoms with E-state index in [2.05, 4.69) is 0 Å². The van der Waals surface area contributed by atoms with Crippen molar-refractivity contribution in [3.63, 3.8) is 0 Å². The van der Waals surface area contributed by atoms with Gasteiger partial charge in [0.05, 0.1) is 18.6 Å². The second-order valence-corrected chi connectivity index (χ2v) is 7.80. The van der Waals surface area contributed by atoms with Crippen LogP contribution in [0.4, 0.5) is 0 Å². The summed E-state index contributed by atoms with van der Waals surface area (Å²) in [5, 5.41) is 0. The number of rotatable bonds is 2. The summed E-state index contributed by atoms with van der Waals surface area (Å²) in [6, 6.07) is 3.35. The first kappa shape index (κ1) is 18.1. The monoisotopic (exact) mass is 374 g/mol. The summed E-state index contributed by atoms with van der Waals surface area (Å²) < 4.78 is 10.9. The van der Waals surface area contributed by atoms with Crippen molar-refractivity contribution in [3.05, 3.63) is 24.2 Å². The minimum absolute atomic E-state index is 0.00930. The zero-order valence-electron chi connectivity index (χ0n) is 15.5. The number of carbonyl (C=O) groups is 3. The minimum Gasteiger partial charge on any atom is -0.459 e. The Balaban J connectivity index is 1.43. The molecule has 0 radical (unpaired) electrons. The van der Waals surface area contributed by atoms with Gasteiger partial charge in [-0.25, -0.2) is 0 Å². The van der Waals surface area contributed by atoms with E-state index in [1.54, 1.807) is 17.0 Å². The number of hydrogen-bond acceptors (Lipinski definition) is 5. The average Bonchev–Trinajstić information content (AvgIpc) is 3.23. The first-order valence-electron chi connectivity index (χ1n) is 9.92. The van der Waals surface area contributed by atoms with Gasteiger partial charge < -0.3 is 19.0 Å². The first-order valence-corrected chi connectivity index (χ1v) is 9.92. The fourth-order valence-corrected chi connectivity index (χ4v) is 4.72. The van der Waals surface area contributed by atoms with Crippen molar-refractivity contribution >= 4 is 17.8 Å². The highest BCUT2D eigenvalue weighted by molar-refractivity contribution is 5.91. The predicted octanol–water partition coefficient (Wildman–Crippen LogP) is 2.22. The largest absolute Gasteiger partial charge is 0.459 e. The van der Waals surface area contributed by atoms with Gasteiger partial charge >= 0.3 is 5.97 Å². The zero-order chi connectivity index (χ0) is 18.9. The van der Waals surface area contributed by atoms with Gasteiger partial charge in [0.2, 0.25) is 5.91 Å². The smallest absolute Gasteiger partial charge is 0.307 e. The van der Waals surface area contributed by atoms with E-state index in [1.165, 1.54) is 6.26 Å². The molecule has 3 heterocycles. The Morgan fingerprint density at radius 1 is 1.00 bits per heavy atom. The second kappa shape index (κ2) is 7.37. The number of esters is 1. The molecule has 4 rings (SSSR count). The lowest BCUT2D eigenvalue weighted by molar-refractivity contribution is -0.155. The van der Waals surface area contributed by atoms with Crippen LogP contribution in [0.2, 0.25) is 0 Å². The van der Waals surface area contributed by atoms with Crippen LogP contribution >= 0.6 is 0 Å². The van der Waals surface area contributed by atoms with Crippen LogP contribution in [0, 0.1) is 5.92 Å². The third-order valence-corrected chi connectivity index (χ3v) is 6.15. The van der Waals surface area contributed by atoms with Crippen LogP contribution in [-0.2, 0) is 14.3 Å². The fourth-order valence-electron chi connectivity index (χ4n) is 4.72. The highest BCUT2D eigenvalue weighted by atomic mass is 16.6. The molecule has 27 heavy (non-hydrogen) atoms. The molecule has 3 aliphatic rings. The van der Waals surface area contributed by atoms with E-state index in [4.69, 9.17) is 9.15 Å².